The van der Waals surface area contributed by atoms with Crippen LogP contribution in [-0.2, 0) is 6.54 Å². The van der Waals surface area contributed by atoms with Gasteiger partial charge in [-0.25, -0.2) is 9.97 Å². The number of nitrogens with two attached hydrogens (primary N) is 1. The Morgan fingerprint density at radius 1 is 1.26 bits per heavy atom. The Morgan fingerprint density at radius 2 is 2.16 bits per heavy atom. The number of halogens is 1. The molecule has 0 aliphatic heterocycles. The van der Waals surface area contributed by atoms with Crippen LogP contribution in [0.15, 0.2) is 36.0 Å². The van der Waals surface area contributed by atoms with E-state index in [1.54, 1.807) is 23.5 Å². The number of thiophene rings is 1. The second-order valence-corrected chi connectivity index (χ2v) is 5.21. The molecule has 0 amide bonds. The minimum absolute atomic E-state index is 0.379. The van der Waals surface area contributed by atoms with Gasteiger partial charge in [0.25, 0.3) is 0 Å². The Morgan fingerprint density at radius 3 is 3.00 bits per heavy atom. The summed E-state index contributed by atoms with van der Waals surface area (Å²) in [5.74, 6) is 1.14. The summed E-state index contributed by atoms with van der Waals surface area (Å²) in [7, 11) is 0. The highest BCUT2D eigenvalue weighted by atomic mass is 35.5. The molecular weight excluding hydrogens is 282 g/mol. The lowest BCUT2D eigenvalue weighted by Crippen LogP contribution is -2.00. The second kappa shape index (κ2) is 5.13. The fourth-order valence-corrected chi connectivity index (χ4v) is 2.63. The number of benzene rings is 1. The van der Waals surface area contributed by atoms with Crippen LogP contribution >= 0.6 is 22.9 Å². The molecule has 3 rings (SSSR count). The quantitative estimate of drug-likeness (QED) is 0.801. The first-order valence-corrected chi connectivity index (χ1v) is 6.88. The Hall–Kier alpha value is -1.69. The number of hydrogen-bond donors (Lipinski definition) is 1. The molecule has 1 aromatic carbocycles. The molecule has 0 bridgehead atoms. The van der Waals surface area contributed by atoms with Gasteiger partial charge in [0.1, 0.15) is 16.9 Å². The van der Waals surface area contributed by atoms with Crippen LogP contribution < -0.4 is 10.5 Å². The molecule has 0 saturated heterocycles. The van der Waals surface area contributed by atoms with Crippen LogP contribution in [0.4, 0.5) is 0 Å². The number of aromatic nitrogens is 2. The van der Waals surface area contributed by atoms with Crippen molar-refractivity contribution in [2.45, 2.75) is 6.54 Å². The summed E-state index contributed by atoms with van der Waals surface area (Å²) in [5, 5.41) is 3.44. The van der Waals surface area contributed by atoms with Crippen LogP contribution in [0.3, 0.4) is 0 Å². The molecule has 0 unspecified atom stereocenters. The zero-order valence-corrected chi connectivity index (χ0v) is 11.4. The van der Waals surface area contributed by atoms with E-state index in [1.165, 1.54) is 6.33 Å². The minimum atomic E-state index is 0.379. The van der Waals surface area contributed by atoms with Gasteiger partial charge in [-0.2, -0.15) is 0 Å². The van der Waals surface area contributed by atoms with Crippen LogP contribution in [0.5, 0.6) is 11.6 Å². The number of rotatable bonds is 3. The molecule has 0 atom stereocenters. The monoisotopic (exact) mass is 291 g/mol. The summed E-state index contributed by atoms with van der Waals surface area (Å²) in [4.78, 5) is 9.24. The summed E-state index contributed by atoms with van der Waals surface area (Å²) in [6.07, 6.45) is 1.49. The van der Waals surface area contributed by atoms with E-state index in [1.807, 2.05) is 17.5 Å². The van der Waals surface area contributed by atoms with Gasteiger partial charge < -0.3 is 10.5 Å². The molecule has 4 nitrogen and oxygen atoms in total. The molecule has 6 heteroatoms. The third-order valence-electron chi connectivity index (χ3n) is 2.68. The van der Waals surface area contributed by atoms with Crippen molar-refractivity contribution in [3.05, 3.63) is 46.6 Å². The Balaban J connectivity index is 2.05. The normalized spacial score (nSPS) is 10.8. The van der Waals surface area contributed by atoms with E-state index in [0.717, 1.165) is 15.8 Å². The van der Waals surface area contributed by atoms with Crippen LogP contribution in [0.1, 0.15) is 5.56 Å². The molecule has 96 valence electrons. The lowest BCUT2D eigenvalue weighted by atomic mass is 10.2. The lowest BCUT2D eigenvalue weighted by Gasteiger charge is -2.10. The maximum Gasteiger partial charge on any atom is 0.231 e. The van der Waals surface area contributed by atoms with Gasteiger partial charge in [-0.3, -0.25) is 0 Å². The molecule has 0 aliphatic rings. The molecule has 0 radical (unpaired) electrons. The fraction of sp³-hybridized carbons (Fsp3) is 0.0769. The molecule has 0 fully saturated rings. The van der Waals surface area contributed by atoms with Crippen LogP contribution in [0.2, 0.25) is 5.02 Å². The van der Waals surface area contributed by atoms with Gasteiger partial charge in [0.15, 0.2) is 0 Å². The molecule has 0 spiro atoms. The fourth-order valence-electron chi connectivity index (χ4n) is 1.74. The highest BCUT2D eigenvalue weighted by Gasteiger charge is 2.10. The van der Waals surface area contributed by atoms with Gasteiger partial charge in [0, 0.05) is 17.1 Å². The maximum absolute atomic E-state index is 5.99. The van der Waals surface area contributed by atoms with Crippen molar-refractivity contribution in [3.8, 4) is 11.6 Å². The predicted molar refractivity (Wildman–Crippen MR) is 76.8 cm³/mol. The minimum Gasteiger partial charge on any atom is -0.438 e. The molecule has 19 heavy (non-hydrogen) atoms. The summed E-state index contributed by atoms with van der Waals surface area (Å²) in [6, 6.07) is 7.31. The Labute approximate surface area is 118 Å². The Bertz CT molecular complexity index is 729. The van der Waals surface area contributed by atoms with Gasteiger partial charge in [-0.1, -0.05) is 17.7 Å². The zero-order valence-electron chi connectivity index (χ0n) is 9.84. The van der Waals surface area contributed by atoms with E-state index < -0.39 is 0 Å². The summed E-state index contributed by atoms with van der Waals surface area (Å²) in [6.45, 7) is 0.379. The molecule has 0 aliphatic carbocycles. The van der Waals surface area contributed by atoms with Gasteiger partial charge in [0.2, 0.25) is 5.88 Å². The van der Waals surface area contributed by atoms with E-state index >= 15 is 0 Å². The largest absolute Gasteiger partial charge is 0.438 e. The van der Waals surface area contributed by atoms with Crippen molar-refractivity contribution in [3.63, 3.8) is 0 Å². The van der Waals surface area contributed by atoms with Gasteiger partial charge in [-0.05, 0) is 23.6 Å². The number of hydrogen-bond acceptors (Lipinski definition) is 5. The molecule has 2 aromatic heterocycles. The SMILES string of the molecule is NCc1ccc(Cl)cc1Oc1ncnc2sccc12. The molecule has 0 saturated carbocycles. The maximum atomic E-state index is 5.99. The summed E-state index contributed by atoms with van der Waals surface area (Å²) in [5.41, 5.74) is 6.57. The van der Waals surface area contributed by atoms with E-state index in [2.05, 4.69) is 9.97 Å². The average molecular weight is 292 g/mol. The first-order chi connectivity index (χ1) is 9.28. The van der Waals surface area contributed by atoms with Crippen LogP contribution in [0.25, 0.3) is 10.2 Å². The number of ether oxygens (including phenoxy) is 1. The van der Waals surface area contributed by atoms with Crippen LogP contribution in [-0.4, -0.2) is 9.97 Å². The first kappa shape index (κ1) is 12.3. The van der Waals surface area contributed by atoms with Crippen LogP contribution in [0, 0.1) is 0 Å². The van der Waals surface area contributed by atoms with E-state index in [0.29, 0.717) is 23.2 Å². The third-order valence-corrected chi connectivity index (χ3v) is 3.74. The molecule has 2 N–H and O–H groups in total. The van der Waals surface area contributed by atoms with Crippen molar-refractivity contribution >= 4 is 33.2 Å². The van der Waals surface area contributed by atoms with Gasteiger partial charge >= 0.3 is 0 Å². The van der Waals surface area contributed by atoms with E-state index in [4.69, 9.17) is 22.1 Å². The van der Waals surface area contributed by atoms with Crippen molar-refractivity contribution in [2.75, 3.05) is 0 Å². The number of fused-ring (bicyclic) bond motifs is 1. The average Bonchev–Trinajstić information content (AvgIpc) is 2.88. The van der Waals surface area contributed by atoms with Gasteiger partial charge in [-0.15, -0.1) is 11.3 Å². The third kappa shape index (κ3) is 2.40. The van der Waals surface area contributed by atoms with E-state index in [9.17, 15) is 0 Å². The van der Waals surface area contributed by atoms with E-state index in [-0.39, 0.29) is 0 Å². The topological polar surface area (TPSA) is 61.0 Å². The summed E-state index contributed by atoms with van der Waals surface area (Å²) >= 11 is 7.53. The lowest BCUT2D eigenvalue weighted by molar-refractivity contribution is 0.462. The molecular formula is C13H10ClN3OS. The number of nitrogens with zero attached hydrogens (tertiary/aromatic N) is 2. The standard InChI is InChI=1S/C13H10ClN3OS/c14-9-2-1-8(6-15)11(5-9)18-12-10-3-4-19-13(10)17-7-16-12/h1-5,7H,6,15H2. The zero-order chi connectivity index (χ0) is 13.2. The molecule has 3 aromatic rings. The highest BCUT2D eigenvalue weighted by molar-refractivity contribution is 7.16. The summed E-state index contributed by atoms with van der Waals surface area (Å²) < 4.78 is 5.84. The highest BCUT2D eigenvalue weighted by Crippen LogP contribution is 2.32. The van der Waals surface area contributed by atoms with Crippen molar-refractivity contribution in [2.24, 2.45) is 5.73 Å². The van der Waals surface area contributed by atoms with Gasteiger partial charge in [0.05, 0.1) is 5.39 Å². The predicted octanol–water partition coefficient (Wildman–Crippen LogP) is 3.60. The van der Waals surface area contributed by atoms with Crippen molar-refractivity contribution < 1.29 is 4.74 Å². The molecule has 2 heterocycles. The van der Waals surface area contributed by atoms with Crippen molar-refractivity contribution in [1.82, 2.24) is 9.97 Å². The Kier molecular flexibility index (Phi) is 3.33. The first-order valence-electron chi connectivity index (χ1n) is 5.62. The second-order valence-electron chi connectivity index (χ2n) is 3.88. The van der Waals surface area contributed by atoms with Crippen molar-refractivity contribution in [1.29, 1.82) is 0 Å². The smallest absolute Gasteiger partial charge is 0.231 e.